The molecule has 0 radical (unpaired) electrons. The molecule has 2 aliphatic rings. The molecule has 2 saturated heterocycles. The number of aryl methyl sites for hydroxylation is 1. The van der Waals surface area contributed by atoms with Crippen molar-refractivity contribution in [3.63, 3.8) is 0 Å². The van der Waals surface area contributed by atoms with Gasteiger partial charge in [-0.1, -0.05) is 12.1 Å². The molecule has 10 atom stereocenters. The van der Waals surface area contributed by atoms with Crippen LogP contribution in [-0.2, 0) is 14.2 Å². The molecule has 0 amide bonds. The summed E-state index contributed by atoms with van der Waals surface area (Å²) in [6.45, 7) is 0.334. The van der Waals surface area contributed by atoms with Gasteiger partial charge in [-0.25, -0.2) is 4.79 Å². The third-order valence-corrected chi connectivity index (χ3v) is 6.14. The van der Waals surface area contributed by atoms with Crippen LogP contribution in [0.3, 0.4) is 0 Å². The summed E-state index contributed by atoms with van der Waals surface area (Å²) in [5.74, 6) is 0.0237. The molecular formula is C22H28O13. The van der Waals surface area contributed by atoms with E-state index < -0.39 is 80.3 Å². The molecule has 3 heterocycles. The first-order valence-corrected chi connectivity index (χ1v) is 10.9. The van der Waals surface area contributed by atoms with Gasteiger partial charge in [-0.15, -0.1) is 0 Å². The van der Waals surface area contributed by atoms with E-state index in [2.05, 4.69) is 0 Å². The van der Waals surface area contributed by atoms with Crippen molar-refractivity contribution in [2.75, 3.05) is 13.2 Å². The highest BCUT2D eigenvalue weighted by atomic mass is 16.7. The van der Waals surface area contributed by atoms with Crippen LogP contribution in [0.25, 0.3) is 11.0 Å². The maximum absolute atomic E-state index is 12.0. The van der Waals surface area contributed by atoms with Crippen LogP contribution in [0.4, 0.5) is 0 Å². The van der Waals surface area contributed by atoms with Crippen LogP contribution in [0.5, 0.6) is 5.75 Å². The molecule has 2 aliphatic heterocycles. The van der Waals surface area contributed by atoms with Crippen LogP contribution in [0.2, 0.25) is 0 Å². The monoisotopic (exact) mass is 500 g/mol. The van der Waals surface area contributed by atoms with Gasteiger partial charge in [0.15, 0.2) is 6.29 Å². The van der Waals surface area contributed by atoms with Crippen molar-refractivity contribution in [3.8, 4) is 5.75 Å². The maximum atomic E-state index is 12.0. The van der Waals surface area contributed by atoms with E-state index in [0.29, 0.717) is 10.9 Å². The molecule has 1 aromatic heterocycles. The fourth-order valence-corrected chi connectivity index (χ4v) is 4.23. The van der Waals surface area contributed by atoms with Gasteiger partial charge in [-0.3, -0.25) is 0 Å². The number of hydrogen-bond donors (Lipinski definition) is 7. The lowest BCUT2D eigenvalue weighted by Gasteiger charge is -2.45. The van der Waals surface area contributed by atoms with Crippen molar-refractivity contribution in [2.24, 2.45) is 0 Å². The number of aliphatic hydroxyl groups excluding tert-OH is 7. The Kier molecular flexibility index (Phi) is 7.73. The summed E-state index contributed by atoms with van der Waals surface area (Å²) in [4.78, 5) is 12.0. The van der Waals surface area contributed by atoms with E-state index in [4.69, 9.17) is 23.4 Å². The first-order chi connectivity index (χ1) is 16.7. The molecule has 13 nitrogen and oxygen atoms in total. The number of aliphatic hydroxyl groups is 7. The summed E-state index contributed by atoms with van der Waals surface area (Å²) in [7, 11) is 0. The number of ether oxygens (including phenoxy) is 4. The van der Waals surface area contributed by atoms with E-state index in [1.54, 1.807) is 25.1 Å². The van der Waals surface area contributed by atoms with Crippen LogP contribution in [-0.4, -0.2) is 110 Å². The molecule has 13 heteroatoms. The Labute approximate surface area is 198 Å². The molecule has 2 aromatic rings. The highest BCUT2D eigenvalue weighted by molar-refractivity contribution is 5.86. The summed E-state index contributed by atoms with van der Waals surface area (Å²) >= 11 is 0. The zero-order valence-corrected chi connectivity index (χ0v) is 18.6. The lowest BCUT2D eigenvalue weighted by Crippen LogP contribution is -2.65. The SMILES string of the molecule is Cc1cccc2oc(=O)cc(O[C@@H]3O[C@H](CO)[C@@H](O[C@@H]4O[C@H](CO)[C@@H](O)[C@H](O)[C@H]4O)[C@H](O)[C@H]3O)c12. The Balaban J connectivity index is 1.55. The zero-order valence-electron chi connectivity index (χ0n) is 18.6. The molecule has 2 fully saturated rings. The van der Waals surface area contributed by atoms with Gasteiger partial charge in [-0.05, 0) is 18.6 Å². The van der Waals surface area contributed by atoms with Crippen molar-refractivity contribution in [2.45, 2.75) is 68.3 Å². The Hall–Kier alpha value is -2.17. The Morgan fingerprint density at radius 3 is 2.20 bits per heavy atom. The molecular weight excluding hydrogens is 472 g/mol. The van der Waals surface area contributed by atoms with Gasteiger partial charge in [0.1, 0.15) is 60.2 Å². The normalized spacial score (nSPS) is 37.9. The second-order valence-electron chi connectivity index (χ2n) is 8.50. The lowest BCUT2D eigenvalue weighted by atomic mass is 9.97. The second-order valence-corrected chi connectivity index (χ2v) is 8.50. The Bertz CT molecular complexity index is 1070. The standard InChI is InChI=1S/C22H28O13/c1-8-3-2-4-9-14(8)10(5-13(25)31-9)32-21-19(30)17(28)20(12(7-24)34-21)35-22-18(29)16(27)15(26)11(6-23)33-22/h2-5,11-12,15-24,26-30H,6-7H2,1H3/t11-,12-,15-,16+,17-,18-,19-,20-,21-,22+/m1/s1. The van der Waals surface area contributed by atoms with Gasteiger partial charge in [0, 0.05) is 0 Å². The first kappa shape index (κ1) is 25.9. The second kappa shape index (κ2) is 10.4. The predicted octanol–water partition coefficient (Wildman–Crippen LogP) is -2.90. The molecule has 0 spiro atoms. The van der Waals surface area contributed by atoms with Crippen molar-refractivity contribution in [1.82, 2.24) is 0 Å². The van der Waals surface area contributed by atoms with Crippen molar-refractivity contribution in [1.29, 1.82) is 0 Å². The number of rotatable bonds is 6. The van der Waals surface area contributed by atoms with Crippen molar-refractivity contribution in [3.05, 3.63) is 40.2 Å². The molecule has 35 heavy (non-hydrogen) atoms. The molecule has 0 saturated carbocycles. The number of benzene rings is 1. The highest BCUT2D eigenvalue weighted by Gasteiger charge is 2.51. The van der Waals surface area contributed by atoms with Crippen LogP contribution in [0.15, 0.2) is 33.5 Å². The first-order valence-electron chi connectivity index (χ1n) is 10.9. The van der Waals surface area contributed by atoms with Crippen LogP contribution in [0.1, 0.15) is 5.56 Å². The van der Waals surface area contributed by atoms with E-state index in [1.165, 1.54) is 0 Å². The fraction of sp³-hybridized carbons (Fsp3) is 0.591. The smallest absolute Gasteiger partial charge is 0.339 e. The summed E-state index contributed by atoms with van der Waals surface area (Å²) < 4.78 is 27.3. The highest BCUT2D eigenvalue weighted by Crippen LogP contribution is 2.33. The number of fused-ring (bicyclic) bond motifs is 1. The molecule has 7 N–H and O–H groups in total. The van der Waals surface area contributed by atoms with E-state index in [1.807, 2.05) is 0 Å². The molecule has 0 aliphatic carbocycles. The van der Waals surface area contributed by atoms with E-state index in [0.717, 1.165) is 6.07 Å². The predicted molar refractivity (Wildman–Crippen MR) is 114 cm³/mol. The third kappa shape index (κ3) is 4.93. The maximum Gasteiger partial charge on any atom is 0.339 e. The average molecular weight is 500 g/mol. The third-order valence-electron chi connectivity index (χ3n) is 6.14. The summed E-state index contributed by atoms with van der Waals surface area (Å²) in [5.41, 5.74) is 0.224. The summed E-state index contributed by atoms with van der Waals surface area (Å²) in [6, 6.07) is 6.05. The lowest BCUT2D eigenvalue weighted by molar-refractivity contribution is -0.352. The van der Waals surface area contributed by atoms with Gasteiger partial charge in [0.2, 0.25) is 6.29 Å². The van der Waals surface area contributed by atoms with E-state index in [-0.39, 0.29) is 11.3 Å². The topological polar surface area (TPSA) is 209 Å². The van der Waals surface area contributed by atoms with Gasteiger partial charge < -0.3 is 59.1 Å². The minimum Gasteiger partial charge on any atom is -0.461 e. The minimum atomic E-state index is -1.77. The van der Waals surface area contributed by atoms with Gasteiger partial charge in [-0.2, -0.15) is 0 Å². The molecule has 0 unspecified atom stereocenters. The Morgan fingerprint density at radius 2 is 1.51 bits per heavy atom. The molecule has 194 valence electrons. The van der Waals surface area contributed by atoms with Gasteiger partial charge >= 0.3 is 5.63 Å². The van der Waals surface area contributed by atoms with E-state index >= 15 is 0 Å². The van der Waals surface area contributed by atoms with E-state index in [9.17, 15) is 40.5 Å². The number of hydrogen-bond acceptors (Lipinski definition) is 13. The van der Waals surface area contributed by atoms with Crippen LogP contribution >= 0.6 is 0 Å². The summed E-state index contributed by atoms with van der Waals surface area (Å²) in [6.07, 6.45) is -15.9. The average Bonchev–Trinajstić information content (AvgIpc) is 2.83. The van der Waals surface area contributed by atoms with Crippen LogP contribution < -0.4 is 10.4 Å². The Morgan fingerprint density at radius 1 is 0.857 bits per heavy atom. The molecule has 0 bridgehead atoms. The zero-order chi connectivity index (χ0) is 25.4. The largest absolute Gasteiger partial charge is 0.461 e. The minimum absolute atomic E-state index is 0.0237. The van der Waals surface area contributed by atoms with Crippen molar-refractivity contribution < 1.29 is 59.1 Å². The van der Waals surface area contributed by atoms with Crippen LogP contribution in [0, 0.1) is 6.92 Å². The quantitative estimate of drug-likeness (QED) is 0.199. The van der Waals surface area contributed by atoms with Crippen molar-refractivity contribution >= 4 is 11.0 Å². The summed E-state index contributed by atoms with van der Waals surface area (Å²) in [5, 5.41) is 71.1. The fourth-order valence-electron chi connectivity index (χ4n) is 4.23. The molecule has 1 aromatic carbocycles. The molecule has 4 rings (SSSR count). The van der Waals surface area contributed by atoms with Gasteiger partial charge in [0.05, 0.1) is 24.7 Å². The van der Waals surface area contributed by atoms with Gasteiger partial charge in [0.25, 0.3) is 0 Å².